The molecule has 0 spiro atoms. The predicted octanol–water partition coefficient (Wildman–Crippen LogP) is 4.85. The van der Waals surface area contributed by atoms with Gasteiger partial charge in [0.2, 0.25) is 11.8 Å². The van der Waals surface area contributed by atoms with Crippen LogP contribution in [0.5, 0.6) is 0 Å². The van der Waals surface area contributed by atoms with E-state index in [4.69, 9.17) is 0 Å². The van der Waals surface area contributed by atoms with Crippen molar-refractivity contribution in [2.24, 2.45) is 5.92 Å². The van der Waals surface area contributed by atoms with Gasteiger partial charge in [-0.2, -0.15) is 0 Å². The molecular formula is C28H32FN3O2. The topological polar surface area (TPSA) is 45.6 Å². The fourth-order valence-electron chi connectivity index (χ4n) is 4.15. The van der Waals surface area contributed by atoms with Gasteiger partial charge in [0.25, 0.3) is 0 Å². The number of rotatable bonds is 11. The van der Waals surface area contributed by atoms with Crippen LogP contribution in [-0.2, 0) is 29.2 Å². The van der Waals surface area contributed by atoms with Crippen LogP contribution < -0.4 is 0 Å². The summed E-state index contributed by atoms with van der Waals surface area (Å²) in [6.45, 7) is 4.23. The standard InChI is InChI=1S/C28H32FN3O2/c1-2-16-31(28(34)24-12-13-24)21-27(33)32(19-22-7-4-3-5-8-22)20-26-9-6-17-30(26)18-23-10-14-25(29)15-11-23/h3-11,14-15,17,24H,2,12-13,16,18-21H2,1H3. The number of carbonyl (C=O) groups excluding carboxylic acids is 2. The van der Waals surface area contributed by atoms with Crippen LogP contribution in [0.2, 0.25) is 0 Å². The van der Waals surface area contributed by atoms with Gasteiger partial charge < -0.3 is 14.4 Å². The lowest BCUT2D eigenvalue weighted by Crippen LogP contribution is -2.43. The SMILES string of the molecule is CCCN(CC(=O)N(Cc1ccccc1)Cc1cccn1Cc1ccc(F)cc1)C(=O)C1CC1. The molecule has 1 aliphatic rings. The van der Waals surface area contributed by atoms with Crippen LogP contribution in [0, 0.1) is 11.7 Å². The van der Waals surface area contributed by atoms with Gasteiger partial charge in [-0.3, -0.25) is 9.59 Å². The third-order valence-electron chi connectivity index (χ3n) is 6.17. The highest BCUT2D eigenvalue weighted by Crippen LogP contribution is 2.31. The average Bonchev–Trinajstić information content (AvgIpc) is 3.61. The average molecular weight is 462 g/mol. The first-order valence-corrected chi connectivity index (χ1v) is 12.0. The van der Waals surface area contributed by atoms with Crippen molar-refractivity contribution in [3.63, 3.8) is 0 Å². The monoisotopic (exact) mass is 461 g/mol. The van der Waals surface area contributed by atoms with Gasteiger partial charge in [0.1, 0.15) is 5.82 Å². The quantitative estimate of drug-likeness (QED) is 0.410. The van der Waals surface area contributed by atoms with Crippen molar-refractivity contribution in [2.75, 3.05) is 13.1 Å². The van der Waals surface area contributed by atoms with Crippen LogP contribution in [0.4, 0.5) is 4.39 Å². The Morgan fingerprint density at radius 3 is 2.32 bits per heavy atom. The zero-order valence-corrected chi connectivity index (χ0v) is 19.7. The molecule has 0 aliphatic heterocycles. The molecule has 5 nitrogen and oxygen atoms in total. The van der Waals surface area contributed by atoms with Gasteiger partial charge in [-0.25, -0.2) is 4.39 Å². The van der Waals surface area contributed by atoms with E-state index in [0.29, 0.717) is 26.2 Å². The molecule has 6 heteroatoms. The number of carbonyl (C=O) groups is 2. The molecule has 0 unspecified atom stereocenters. The molecule has 1 fully saturated rings. The summed E-state index contributed by atoms with van der Waals surface area (Å²) in [7, 11) is 0. The Morgan fingerprint density at radius 1 is 0.912 bits per heavy atom. The van der Waals surface area contributed by atoms with E-state index in [1.165, 1.54) is 12.1 Å². The first-order chi connectivity index (χ1) is 16.5. The van der Waals surface area contributed by atoms with Gasteiger partial charge >= 0.3 is 0 Å². The fraction of sp³-hybridized carbons (Fsp3) is 0.357. The molecule has 1 aliphatic carbocycles. The van der Waals surface area contributed by atoms with Gasteiger partial charge in [0.05, 0.1) is 13.1 Å². The van der Waals surface area contributed by atoms with Crippen LogP contribution in [0.25, 0.3) is 0 Å². The zero-order valence-electron chi connectivity index (χ0n) is 19.7. The summed E-state index contributed by atoms with van der Waals surface area (Å²) in [5.41, 5.74) is 3.02. The third-order valence-corrected chi connectivity index (χ3v) is 6.17. The van der Waals surface area contributed by atoms with Crippen LogP contribution in [0.3, 0.4) is 0 Å². The highest BCUT2D eigenvalue weighted by atomic mass is 19.1. The Balaban J connectivity index is 1.52. The van der Waals surface area contributed by atoms with Crippen molar-refractivity contribution in [3.05, 3.63) is 95.6 Å². The van der Waals surface area contributed by atoms with Gasteiger partial charge in [-0.05, 0) is 54.7 Å². The minimum absolute atomic E-state index is 0.0548. The Hall–Kier alpha value is -3.41. The predicted molar refractivity (Wildman–Crippen MR) is 130 cm³/mol. The first kappa shape index (κ1) is 23.7. The molecule has 2 amide bonds. The van der Waals surface area contributed by atoms with Gasteiger partial charge in [-0.15, -0.1) is 0 Å². The highest BCUT2D eigenvalue weighted by Gasteiger charge is 2.34. The minimum atomic E-state index is -0.256. The normalized spacial score (nSPS) is 13.0. The molecule has 0 radical (unpaired) electrons. The van der Waals surface area contributed by atoms with E-state index in [1.54, 1.807) is 17.0 Å². The van der Waals surface area contributed by atoms with E-state index < -0.39 is 0 Å². The van der Waals surface area contributed by atoms with E-state index in [9.17, 15) is 14.0 Å². The van der Waals surface area contributed by atoms with Crippen LogP contribution in [-0.4, -0.2) is 39.3 Å². The Bertz CT molecular complexity index is 1090. The lowest BCUT2D eigenvalue weighted by Gasteiger charge is -2.28. The number of benzene rings is 2. The van der Waals surface area contributed by atoms with Crippen LogP contribution >= 0.6 is 0 Å². The molecule has 0 atom stereocenters. The van der Waals surface area contributed by atoms with Crippen molar-refractivity contribution in [2.45, 2.75) is 45.8 Å². The van der Waals surface area contributed by atoms with Crippen molar-refractivity contribution in [1.29, 1.82) is 0 Å². The smallest absolute Gasteiger partial charge is 0.242 e. The molecular weight excluding hydrogens is 429 g/mol. The molecule has 0 N–H and O–H groups in total. The molecule has 2 aromatic carbocycles. The second-order valence-electron chi connectivity index (χ2n) is 9.02. The number of aromatic nitrogens is 1. The lowest BCUT2D eigenvalue weighted by molar-refractivity contribution is -0.142. The maximum Gasteiger partial charge on any atom is 0.242 e. The first-order valence-electron chi connectivity index (χ1n) is 12.0. The Kier molecular flexibility index (Phi) is 7.78. The molecule has 1 heterocycles. The van der Waals surface area contributed by atoms with Crippen molar-refractivity contribution in [3.8, 4) is 0 Å². The van der Waals surface area contributed by atoms with E-state index >= 15 is 0 Å². The van der Waals surface area contributed by atoms with E-state index in [1.807, 2.05) is 60.5 Å². The largest absolute Gasteiger partial charge is 0.345 e. The molecule has 1 saturated carbocycles. The minimum Gasteiger partial charge on any atom is -0.345 e. The molecule has 0 bridgehead atoms. The summed E-state index contributed by atoms with van der Waals surface area (Å²) in [4.78, 5) is 29.8. The van der Waals surface area contributed by atoms with E-state index in [-0.39, 0.29) is 30.1 Å². The van der Waals surface area contributed by atoms with Crippen molar-refractivity contribution >= 4 is 11.8 Å². The summed E-state index contributed by atoms with van der Waals surface area (Å²) in [5.74, 6) is -0.112. The highest BCUT2D eigenvalue weighted by molar-refractivity contribution is 5.87. The van der Waals surface area contributed by atoms with E-state index in [2.05, 4.69) is 4.57 Å². The Labute approximate surface area is 200 Å². The molecule has 178 valence electrons. The number of amides is 2. The molecule has 4 rings (SSSR count). The number of halogens is 1. The zero-order chi connectivity index (χ0) is 23.9. The molecule has 34 heavy (non-hydrogen) atoms. The lowest BCUT2D eigenvalue weighted by atomic mass is 10.2. The van der Waals surface area contributed by atoms with Crippen molar-refractivity contribution < 1.29 is 14.0 Å². The number of hydrogen-bond donors (Lipinski definition) is 0. The van der Waals surface area contributed by atoms with Crippen LogP contribution in [0.15, 0.2) is 72.9 Å². The maximum absolute atomic E-state index is 13.5. The second-order valence-corrected chi connectivity index (χ2v) is 9.02. The summed E-state index contributed by atoms with van der Waals surface area (Å²) >= 11 is 0. The maximum atomic E-state index is 13.5. The summed E-state index contributed by atoms with van der Waals surface area (Å²) in [6.07, 6.45) is 4.66. The fourth-order valence-corrected chi connectivity index (χ4v) is 4.15. The second kappa shape index (κ2) is 11.1. The third kappa shape index (κ3) is 6.34. The molecule has 1 aromatic heterocycles. The number of hydrogen-bond acceptors (Lipinski definition) is 2. The molecule has 0 saturated heterocycles. The van der Waals surface area contributed by atoms with Gasteiger partial charge in [0.15, 0.2) is 0 Å². The Morgan fingerprint density at radius 2 is 1.65 bits per heavy atom. The molecule has 3 aromatic rings. The summed E-state index contributed by atoms with van der Waals surface area (Å²) < 4.78 is 15.4. The van der Waals surface area contributed by atoms with Gasteiger partial charge in [-0.1, -0.05) is 49.4 Å². The van der Waals surface area contributed by atoms with Gasteiger partial charge in [0, 0.05) is 37.4 Å². The van der Waals surface area contributed by atoms with E-state index in [0.717, 1.165) is 36.1 Å². The summed E-state index contributed by atoms with van der Waals surface area (Å²) in [5, 5.41) is 0. The van der Waals surface area contributed by atoms with Crippen LogP contribution in [0.1, 0.15) is 43.0 Å². The summed E-state index contributed by atoms with van der Waals surface area (Å²) in [6, 6.07) is 20.4. The number of nitrogens with zero attached hydrogens (tertiary/aromatic N) is 3. The van der Waals surface area contributed by atoms with Crippen molar-refractivity contribution in [1.82, 2.24) is 14.4 Å².